The van der Waals surface area contributed by atoms with Gasteiger partial charge in [-0.3, -0.25) is 0 Å². The molecule has 0 radical (unpaired) electrons. The standard InChI is InChI=1S/C11H13ClFN/c1-7-4-8(10(13)9(12)5-7)11(6-14)2-3-11/h4-5H,2-3,6,14H2,1H3. The summed E-state index contributed by atoms with van der Waals surface area (Å²) in [5, 5.41) is 0.208. The molecule has 1 aliphatic carbocycles. The van der Waals surface area contributed by atoms with Gasteiger partial charge in [0.25, 0.3) is 0 Å². The molecule has 2 rings (SSSR count). The molecule has 0 atom stereocenters. The van der Waals surface area contributed by atoms with E-state index >= 15 is 0 Å². The Balaban J connectivity index is 2.52. The van der Waals surface area contributed by atoms with Crippen LogP contribution in [0.1, 0.15) is 24.0 Å². The van der Waals surface area contributed by atoms with Gasteiger partial charge in [-0.15, -0.1) is 0 Å². The molecule has 0 saturated heterocycles. The monoisotopic (exact) mass is 213 g/mol. The minimum Gasteiger partial charge on any atom is -0.330 e. The molecule has 0 aromatic heterocycles. The highest BCUT2D eigenvalue weighted by molar-refractivity contribution is 6.30. The third kappa shape index (κ3) is 1.43. The molecule has 2 N–H and O–H groups in total. The van der Waals surface area contributed by atoms with E-state index in [0.717, 1.165) is 18.4 Å². The molecule has 1 aromatic carbocycles. The molecule has 14 heavy (non-hydrogen) atoms. The van der Waals surface area contributed by atoms with E-state index < -0.39 is 0 Å². The lowest BCUT2D eigenvalue weighted by Crippen LogP contribution is -2.21. The average molecular weight is 214 g/mol. The summed E-state index contributed by atoms with van der Waals surface area (Å²) in [6, 6.07) is 3.51. The zero-order valence-electron chi connectivity index (χ0n) is 8.11. The normalized spacial score (nSPS) is 18.3. The molecular formula is C11H13ClFN. The van der Waals surface area contributed by atoms with Crippen molar-refractivity contribution in [2.75, 3.05) is 6.54 Å². The first-order valence-corrected chi connectivity index (χ1v) is 5.13. The molecule has 0 aliphatic heterocycles. The number of rotatable bonds is 2. The van der Waals surface area contributed by atoms with Crippen LogP contribution in [0, 0.1) is 12.7 Å². The number of aryl methyl sites for hydroxylation is 1. The van der Waals surface area contributed by atoms with Crippen molar-refractivity contribution < 1.29 is 4.39 Å². The first-order chi connectivity index (χ1) is 6.59. The van der Waals surface area contributed by atoms with Gasteiger partial charge in [-0.2, -0.15) is 0 Å². The molecule has 0 spiro atoms. The van der Waals surface area contributed by atoms with Gasteiger partial charge in [0.2, 0.25) is 0 Å². The van der Waals surface area contributed by atoms with E-state index in [0.29, 0.717) is 12.1 Å². The molecule has 76 valence electrons. The van der Waals surface area contributed by atoms with Crippen molar-refractivity contribution in [3.8, 4) is 0 Å². The van der Waals surface area contributed by atoms with Crippen molar-refractivity contribution in [1.29, 1.82) is 0 Å². The molecule has 1 aromatic rings. The third-order valence-corrected chi connectivity index (χ3v) is 3.26. The van der Waals surface area contributed by atoms with Gasteiger partial charge in [0.05, 0.1) is 5.02 Å². The van der Waals surface area contributed by atoms with Crippen LogP contribution < -0.4 is 5.73 Å². The van der Waals surface area contributed by atoms with Crippen LogP contribution in [0.5, 0.6) is 0 Å². The van der Waals surface area contributed by atoms with Crippen LogP contribution in [-0.4, -0.2) is 6.54 Å². The van der Waals surface area contributed by atoms with Gasteiger partial charge in [-0.1, -0.05) is 17.7 Å². The topological polar surface area (TPSA) is 26.0 Å². The van der Waals surface area contributed by atoms with Gasteiger partial charge in [-0.25, -0.2) is 4.39 Å². The molecule has 1 saturated carbocycles. The summed E-state index contributed by atoms with van der Waals surface area (Å²) >= 11 is 5.79. The molecule has 1 nitrogen and oxygen atoms in total. The van der Waals surface area contributed by atoms with Crippen LogP contribution in [0.15, 0.2) is 12.1 Å². The maximum Gasteiger partial charge on any atom is 0.145 e. The van der Waals surface area contributed by atoms with E-state index in [2.05, 4.69) is 0 Å². The molecule has 1 aliphatic rings. The van der Waals surface area contributed by atoms with Crippen LogP contribution in [0.4, 0.5) is 4.39 Å². The fourth-order valence-corrected chi connectivity index (χ4v) is 2.12. The number of benzene rings is 1. The Bertz CT molecular complexity index is 372. The Morgan fingerprint density at radius 1 is 1.50 bits per heavy atom. The van der Waals surface area contributed by atoms with Gasteiger partial charge in [0.1, 0.15) is 5.82 Å². The SMILES string of the molecule is Cc1cc(Cl)c(F)c(C2(CN)CC2)c1. The fraction of sp³-hybridized carbons (Fsp3) is 0.455. The van der Waals surface area contributed by atoms with Crippen molar-refractivity contribution in [3.05, 3.63) is 34.1 Å². The van der Waals surface area contributed by atoms with Crippen molar-refractivity contribution in [1.82, 2.24) is 0 Å². The highest BCUT2D eigenvalue weighted by Crippen LogP contribution is 2.49. The summed E-state index contributed by atoms with van der Waals surface area (Å²) < 4.78 is 13.7. The van der Waals surface area contributed by atoms with E-state index in [1.165, 1.54) is 0 Å². The van der Waals surface area contributed by atoms with Gasteiger partial charge < -0.3 is 5.73 Å². The predicted molar refractivity (Wildman–Crippen MR) is 56.1 cm³/mol. The van der Waals surface area contributed by atoms with Crippen molar-refractivity contribution in [2.24, 2.45) is 5.73 Å². The Morgan fingerprint density at radius 3 is 2.64 bits per heavy atom. The Hall–Kier alpha value is -0.600. The number of halogens is 2. The molecule has 0 amide bonds. The van der Waals surface area contributed by atoms with Crippen molar-refractivity contribution >= 4 is 11.6 Å². The van der Waals surface area contributed by atoms with Crippen LogP contribution in [-0.2, 0) is 5.41 Å². The quantitative estimate of drug-likeness (QED) is 0.804. The summed E-state index contributed by atoms with van der Waals surface area (Å²) in [7, 11) is 0. The summed E-state index contributed by atoms with van der Waals surface area (Å²) in [4.78, 5) is 0. The van der Waals surface area contributed by atoms with Gasteiger partial charge in [-0.05, 0) is 37.0 Å². The molecule has 1 fully saturated rings. The van der Waals surface area contributed by atoms with Crippen LogP contribution >= 0.6 is 11.6 Å². The van der Waals surface area contributed by atoms with E-state index in [1.54, 1.807) is 6.07 Å². The van der Waals surface area contributed by atoms with Crippen LogP contribution in [0.25, 0.3) is 0 Å². The highest BCUT2D eigenvalue weighted by atomic mass is 35.5. The lowest BCUT2D eigenvalue weighted by molar-refractivity contribution is 0.573. The van der Waals surface area contributed by atoms with Gasteiger partial charge in [0.15, 0.2) is 0 Å². The summed E-state index contributed by atoms with van der Waals surface area (Å²) in [5.74, 6) is -0.291. The lowest BCUT2D eigenvalue weighted by atomic mass is 9.94. The van der Waals surface area contributed by atoms with E-state index in [-0.39, 0.29) is 16.3 Å². The Kier molecular flexibility index (Phi) is 2.28. The summed E-state index contributed by atoms with van der Waals surface area (Å²) in [6.45, 7) is 2.42. The van der Waals surface area contributed by atoms with Gasteiger partial charge >= 0.3 is 0 Å². The van der Waals surface area contributed by atoms with E-state index in [9.17, 15) is 4.39 Å². The maximum absolute atomic E-state index is 13.7. The zero-order chi connectivity index (χ0) is 10.3. The molecule has 3 heteroatoms. The third-order valence-electron chi connectivity index (χ3n) is 2.99. The summed E-state index contributed by atoms with van der Waals surface area (Å²) in [5.41, 5.74) is 7.23. The average Bonchev–Trinajstić information content (AvgIpc) is 2.92. The van der Waals surface area contributed by atoms with E-state index in [1.807, 2.05) is 13.0 Å². The van der Waals surface area contributed by atoms with Crippen molar-refractivity contribution in [2.45, 2.75) is 25.2 Å². The molecule has 0 unspecified atom stereocenters. The number of nitrogens with two attached hydrogens (primary N) is 1. The van der Waals surface area contributed by atoms with Crippen LogP contribution in [0.3, 0.4) is 0 Å². The number of hydrogen-bond acceptors (Lipinski definition) is 1. The molecule has 0 bridgehead atoms. The molecule has 0 heterocycles. The second kappa shape index (κ2) is 3.21. The zero-order valence-corrected chi connectivity index (χ0v) is 8.87. The van der Waals surface area contributed by atoms with E-state index in [4.69, 9.17) is 17.3 Å². The predicted octanol–water partition coefficient (Wildman–Crippen LogP) is 2.78. The second-order valence-corrected chi connectivity index (χ2v) is 4.50. The minimum atomic E-state index is -0.291. The minimum absolute atomic E-state index is 0.125. The largest absolute Gasteiger partial charge is 0.330 e. The van der Waals surface area contributed by atoms with Crippen LogP contribution in [0.2, 0.25) is 5.02 Å². The first kappa shape index (κ1) is 9.94. The Morgan fingerprint density at radius 2 is 2.14 bits per heavy atom. The fourth-order valence-electron chi connectivity index (χ4n) is 1.84. The first-order valence-electron chi connectivity index (χ1n) is 4.75. The number of hydrogen-bond donors (Lipinski definition) is 1. The van der Waals surface area contributed by atoms with Gasteiger partial charge in [0, 0.05) is 12.0 Å². The summed E-state index contributed by atoms with van der Waals surface area (Å²) in [6.07, 6.45) is 1.94. The second-order valence-electron chi connectivity index (χ2n) is 4.09. The lowest BCUT2D eigenvalue weighted by Gasteiger charge is -2.15. The Labute approximate surface area is 88.1 Å². The highest BCUT2D eigenvalue weighted by Gasteiger charge is 2.45. The molecular weight excluding hydrogens is 201 g/mol. The smallest absolute Gasteiger partial charge is 0.145 e. The van der Waals surface area contributed by atoms with Crippen molar-refractivity contribution in [3.63, 3.8) is 0 Å². The maximum atomic E-state index is 13.7.